The van der Waals surface area contributed by atoms with E-state index >= 15 is 0 Å². The maximum atomic E-state index is 13.8. The first kappa shape index (κ1) is 21.5. The van der Waals surface area contributed by atoms with E-state index in [1.54, 1.807) is 6.07 Å². The number of rotatable bonds is 7. The number of aromatic nitrogens is 2. The van der Waals surface area contributed by atoms with Crippen LogP contribution in [0.25, 0.3) is 5.69 Å². The minimum absolute atomic E-state index is 0.0514. The number of ether oxygens (including phenoxy) is 1. The van der Waals surface area contributed by atoms with Crippen LogP contribution in [0.15, 0.2) is 48.7 Å². The molecular weight excluding hydrogens is 393 g/mol. The van der Waals surface area contributed by atoms with Gasteiger partial charge in [0.15, 0.2) is 0 Å². The Morgan fingerprint density at radius 1 is 1.26 bits per heavy atom. The second kappa shape index (κ2) is 8.81. The standard InChI is InChI=1S/C25H30FN3O2/c1-4-31-24-9-8-17(10-18(24)16-30)14-27-22-12-25(2,3)13-23-21(22)15-28-29(23)20-7-5-6-19(26)11-20/h5-11,15,22,27,30H,4,12-14,16H2,1-3H3. The van der Waals surface area contributed by atoms with Gasteiger partial charge < -0.3 is 15.2 Å². The van der Waals surface area contributed by atoms with Crippen LogP contribution in [0.3, 0.4) is 0 Å². The third kappa shape index (κ3) is 4.65. The number of benzene rings is 2. The van der Waals surface area contributed by atoms with Crippen molar-refractivity contribution in [3.05, 3.63) is 76.9 Å². The fourth-order valence-electron chi connectivity index (χ4n) is 4.46. The molecule has 164 valence electrons. The lowest BCUT2D eigenvalue weighted by Gasteiger charge is -2.36. The molecule has 1 aliphatic rings. The molecule has 0 saturated carbocycles. The van der Waals surface area contributed by atoms with Crippen LogP contribution in [0.1, 0.15) is 55.6 Å². The maximum absolute atomic E-state index is 13.8. The molecule has 5 nitrogen and oxygen atoms in total. The van der Waals surface area contributed by atoms with Crippen molar-refractivity contribution in [1.29, 1.82) is 0 Å². The lowest BCUT2D eigenvalue weighted by molar-refractivity contribution is 0.252. The van der Waals surface area contributed by atoms with Crippen LogP contribution in [0.5, 0.6) is 5.75 Å². The summed E-state index contributed by atoms with van der Waals surface area (Å²) in [5.74, 6) is 0.466. The van der Waals surface area contributed by atoms with E-state index in [2.05, 4.69) is 24.3 Å². The van der Waals surface area contributed by atoms with Gasteiger partial charge in [0.2, 0.25) is 0 Å². The average molecular weight is 424 g/mol. The molecule has 6 heteroatoms. The molecule has 31 heavy (non-hydrogen) atoms. The molecule has 3 aromatic rings. The average Bonchev–Trinajstić information content (AvgIpc) is 3.15. The molecular formula is C25H30FN3O2. The van der Waals surface area contributed by atoms with Gasteiger partial charge in [-0.15, -0.1) is 0 Å². The minimum Gasteiger partial charge on any atom is -0.494 e. The van der Waals surface area contributed by atoms with Crippen LogP contribution in [0.2, 0.25) is 0 Å². The summed E-state index contributed by atoms with van der Waals surface area (Å²) in [6.07, 6.45) is 3.78. The molecule has 0 saturated heterocycles. The SMILES string of the molecule is CCOc1ccc(CNC2CC(C)(C)Cc3c2cnn3-c2cccc(F)c2)cc1CO. The second-order valence-corrected chi connectivity index (χ2v) is 8.95. The fourth-order valence-corrected chi connectivity index (χ4v) is 4.46. The van der Waals surface area contributed by atoms with Crippen LogP contribution < -0.4 is 10.1 Å². The van der Waals surface area contributed by atoms with Crippen LogP contribution in [-0.4, -0.2) is 21.5 Å². The zero-order valence-corrected chi connectivity index (χ0v) is 18.4. The molecule has 1 aliphatic carbocycles. The molecule has 1 heterocycles. The molecule has 0 spiro atoms. The summed E-state index contributed by atoms with van der Waals surface area (Å²) in [6.45, 7) is 7.64. The summed E-state index contributed by atoms with van der Waals surface area (Å²) in [6, 6.07) is 12.7. The lowest BCUT2D eigenvalue weighted by Crippen LogP contribution is -2.33. The third-order valence-electron chi connectivity index (χ3n) is 5.88. The van der Waals surface area contributed by atoms with E-state index < -0.39 is 0 Å². The van der Waals surface area contributed by atoms with Crippen molar-refractivity contribution in [2.75, 3.05) is 6.61 Å². The predicted octanol–water partition coefficient (Wildman–Crippen LogP) is 4.71. The van der Waals surface area contributed by atoms with E-state index in [1.165, 1.54) is 12.1 Å². The Morgan fingerprint density at radius 3 is 2.84 bits per heavy atom. The Balaban J connectivity index is 1.58. The van der Waals surface area contributed by atoms with Gasteiger partial charge in [0.25, 0.3) is 0 Å². The monoisotopic (exact) mass is 423 g/mol. The van der Waals surface area contributed by atoms with E-state index in [0.29, 0.717) is 13.2 Å². The number of hydrogen-bond donors (Lipinski definition) is 2. The zero-order chi connectivity index (χ0) is 22.0. The largest absolute Gasteiger partial charge is 0.494 e. The van der Waals surface area contributed by atoms with Crippen LogP contribution in [-0.2, 0) is 19.6 Å². The quantitative estimate of drug-likeness (QED) is 0.578. The first-order chi connectivity index (χ1) is 14.9. The molecule has 0 bridgehead atoms. The van der Waals surface area contributed by atoms with Crippen molar-refractivity contribution in [2.24, 2.45) is 5.41 Å². The molecule has 2 N–H and O–H groups in total. The molecule has 2 aromatic carbocycles. The summed E-state index contributed by atoms with van der Waals surface area (Å²) in [5.41, 5.74) is 5.01. The highest BCUT2D eigenvalue weighted by Crippen LogP contribution is 2.41. The third-order valence-corrected chi connectivity index (χ3v) is 5.88. The lowest BCUT2D eigenvalue weighted by atomic mass is 9.74. The Bertz CT molecular complexity index is 1060. The molecule has 0 fully saturated rings. The summed E-state index contributed by atoms with van der Waals surface area (Å²) in [5, 5.41) is 18.0. The molecule has 0 radical (unpaired) electrons. The number of aliphatic hydroxyl groups is 1. The van der Waals surface area contributed by atoms with E-state index in [0.717, 1.165) is 46.7 Å². The molecule has 4 rings (SSSR count). The summed E-state index contributed by atoms with van der Waals surface area (Å²) in [7, 11) is 0. The van der Waals surface area contributed by atoms with Gasteiger partial charge in [-0.1, -0.05) is 26.0 Å². The highest BCUT2D eigenvalue weighted by Gasteiger charge is 2.35. The van der Waals surface area contributed by atoms with Crippen molar-refractivity contribution in [3.8, 4) is 11.4 Å². The molecule has 1 aromatic heterocycles. The first-order valence-corrected chi connectivity index (χ1v) is 10.8. The summed E-state index contributed by atoms with van der Waals surface area (Å²) < 4.78 is 21.2. The number of nitrogens with zero attached hydrogens (tertiary/aromatic N) is 2. The van der Waals surface area contributed by atoms with Gasteiger partial charge in [0.1, 0.15) is 11.6 Å². The smallest absolute Gasteiger partial charge is 0.125 e. The second-order valence-electron chi connectivity index (χ2n) is 8.95. The Morgan fingerprint density at radius 2 is 2.10 bits per heavy atom. The normalized spacial score (nSPS) is 17.4. The fraction of sp³-hybridized carbons (Fsp3) is 0.400. The summed E-state index contributed by atoms with van der Waals surface area (Å²) >= 11 is 0. The van der Waals surface area contributed by atoms with Crippen molar-refractivity contribution in [3.63, 3.8) is 0 Å². The van der Waals surface area contributed by atoms with Crippen molar-refractivity contribution >= 4 is 0 Å². The van der Waals surface area contributed by atoms with E-state index in [4.69, 9.17) is 4.74 Å². The minimum atomic E-state index is -0.262. The molecule has 0 amide bonds. The van der Waals surface area contributed by atoms with Gasteiger partial charge in [-0.2, -0.15) is 5.10 Å². The zero-order valence-electron chi connectivity index (χ0n) is 18.4. The summed E-state index contributed by atoms with van der Waals surface area (Å²) in [4.78, 5) is 0. The van der Waals surface area contributed by atoms with Gasteiger partial charge in [-0.25, -0.2) is 9.07 Å². The van der Waals surface area contributed by atoms with Crippen molar-refractivity contribution < 1.29 is 14.2 Å². The Labute approximate surface area is 182 Å². The van der Waals surface area contributed by atoms with Crippen LogP contribution in [0.4, 0.5) is 4.39 Å². The molecule has 1 unspecified atom stereocenters. The molecule has 0 aliphatic heterocycles. The van der Waals surface area contributed by atoms with Crippen molar-refractivity contribution in [1.82, 2.24) is 15.1 Å². The highest BCUT2D eigenvalue weighted by atomic mass is 19.1. The van der Waals surface area contributed by atoms with E-state index in [9.17, 15) is 9.50 Å². The van der Waals surface area contributed by atoms with E-state index in [-0.39, 0.29) is 23.9 Å². The Kier molecular flexibility index (Phi) is 6.12. The number of fused-ring (bicyclic) bond motifs is 1. The van der Waals surface area contributed by atoms with Gasteiger partial charge in [-0.3, -0.25) is 0 Å². The van der Waals surface area contributed by atoms with Gasteiger partial charge in [0.05, 0.1) is 25.1 Å². The number of nitrogens with one attached hydrogen (secondary N) is 1. The van der Waals surface area contributed by atoms with Gasteiger partial charge in [0, 0.05) is 29.4 Å². The van der Waals surface area contributed by atoms with Crippen molar-refractivity contribution in [2.45, 2.75) is 52.8 Å². The number of halogens is 1. The van der Waals surface area contributed by atoms with Gasteiger partial charge >= 0.3 is 0 Å². The number of hydrogen-bond acceptors (Lipinski definition) is 4. The highest BCUT2D eigenvalue weighted by molar-refractivity contribution is 5.39. The van der Waals surface area contributed by atoms with E-state index in [1.807, 2.05) is 42.1 Å². The first-order valence-electron chi connectivity index (χ1n) is 10.8. The predicted molar refractivity (Wildman–Crippen MR) is 119 cm³/mol. The molecule has 1 atom stereocenters. The number of aliphatic hydroxyl groups excluding tert-OH is 1. The maximum Gasteiger partial charge on any atom is 0.125 e. The van der Waals surface area contributed by atoms with Crippen LogP contribution >= 0.6 is 0 Å². The van der Waals surface area contributed by atoms with Gasteiger partial charge in [-0.05, 0) is 61.1 Å². The topological polar surface area (TPSA) is 59.3 Å². The Hall–Kier alpha value is -2.70. The van der Waals surface area contributed by atoms with Crippen LogP contribution in [0, 0.1) is 11.2 Å².